The summed E-state index contributed by atoms with van der Waals surface area (Å²) in [5.74, 6) is -1.01. The Morgan fingerprint density at radius 1 is 0.897 bits per heavy atom. The number of benzene rings is 2. The van der Waals surface area contributed by atoms with Crippen molar-refractivity contribution in [2.45, 2.75) is 55.2 Å². The van der Waals surface area contributed by atoms with Gasteiger partial charge in [0.15, 0.2) is 0 Å². The van der Waals surface area contributed by atoms with Crippen LogP contribution in [0, 0.1) is 0 Å². The van der Waals surface area contributed by atoms with Crippen molar-refractivity contribution < 1.29 is 35.8 Å². The third kappa shape index (κ3) is 6.13. The second-order valence-electron chi connectivity index (χ2n) is 6.67. The van der Waals surface area contributed by atoms with E-state index >= 15 is 0 Å². The Labute approximate surface area is 169 Å². The molecule has 29 heavy (non-hydrogen) atoms. The van der Waals surface area contributed by atoms with Gasteiger partial charge in [0, 0.05) is 17.9 Å². The number of carbonyl (C=O) groups is 1. The third-order valence-corrected chi connectivity index (χ3v) is 6.02. The lowest BCUT2D eigenvalue weighted by Crippen LogP contribution is -2.12. The van der Waals surface area contributed by atoms with E-state index in [-0.39, 0.29) is 22.9 Å². The van der Waals surface area contributed by atoms with Gasteiger partial charge >= 0.3 is 0 Å². The zero-order chi connectivity index (χ0) is 21.8. The fourth-order valence-electron chi connectivity index (χ4n) is 2.94. The molecule has 0 aliphatic heterocycles. The lowest BCUT2D eigenvalue weighted by Gasteiger charge is -2.13. The van der Waals surface area contributed by atoms with Gasteiger partial charge in [-0.1, -0.05) is 32.6 Å². The molecule has 0 unspecified atom stereocenters. The van der Waals surface area contributed by atoms with Crippen molar-refractivity contribution in [3.8, 4) is 5.75 Å². The zero-order valence-corrected chi connectivity index (χ0v) is 17.4. The van der Waals surface area contributed by atoms with Crippen LogP contribution in [0.5, 0.6) is 5.75 Å². The SMILES string of the molecule is CCCCCCCC(=O)Nc1cc(S(=O)(=O)O)cc2cc(S(=O)(=O)O)cc(O)c12. The molecule has 11 heteroatoms. The van der Waals surface area contributed by atoms with Crippen LogP contribution in [0.25, 0.3) is 10.8 Å². The molecule has 2 aromatic rings. The Hall–Kier alpha value is -2.21. The van der Waals surface area contributed by atoms with E-state index in [0.29, 0.717) is 6.42 Å². The molecule has 2 aromatic carbocycles. The number of unbranched alkanes of at least 4 members (excludes halogenated alkanes) is 4. The van der Waals surface area contributed by atoms with Gasteiger partial charge in [-0.25, -0.2) is 0 Å². The van der Waals surface area contributed by atoms with Crippen LogP contribution in [0.2, 0.25) is 0 Å². The van der Waals surface area contributed by atoms with Gasteiger partial charge in [-0.15, -0.1) is 0 Å². The first-order valence-electron chi connectivity index (χ1n) is 8.99. The number of nitrogens with one attached hydrogen (secondary N) is 1. The summed E-state index contributed by atoms with van der Waals surface area (Å²) in [6.07, 6.45) is 4.77. The largest absolute Gasteiger partial charge is 0.507 e. The van der Waals surface area contributed by atoms with Crippen LogP contribution in [-0.4, -0.2) is 37.0 Å². The lowest BCUT2D eigenvalue weighted by atomic mass is 10.1. The number of hydrogen-bond acceptors (Lipinski definition) is 6. The van der Waals surface area contributed by atoms with Gasteiger partial charge in [0.1, 0.15) is 5.75 Å². The standard InChI is InChI=1S/C18H23NO8S2/c1-2-3-4-5-6-7-17(21)19-15-10-13(28(22,23)24)8-12-9-14(29(25,26)27)11-16(20)18(12)15/h8-11,20H,2-7H2,1H3,(H,19,21)(H,22,23,24)(H,25,26,27). The average molecular weight is 446 g/mol. The van der Waals surface area contributed by atoms with Crippen molar-refractivity contribution in [2.24, 2.45) is 0 Å². The number of hydrogen-bond donors (Lipinski definition) is 4. The first-order chi connectivity index (χ1) is 13.4. The number of amides is 1. The molecule has 0 atom stereocenters. The Balaban J connectivity index is 2.46. The summed E-state index contributed by atoms with van der Waals surface area (Å²) in [6, 6.07) is 3.61. The first kappa shape index (κ1) is 23.1. The Kier molecular flexibility index (Phi) is 7.22. The number of rotatable bonds is 9. The van der Waals surface area contributed by atoms with Crippen LogP contribution in [0.1, 0.15) is 45.4 Å². The summed E-state index contributed by atoms with van der Waals surface area (Å²) in [5.41, 5.74) is -0.104. The fraction of sp³-hybridized carbons (Fsp3) is 0.389. The van der Waals surface area contributed by atoms with E-state index < -0.39 is 41.7 Å². The molecule has 0 fully saturated rings. The first-order valence-corrected chi connectivity index (χ1v) is 11.9. The number of carbonyl (C=O) groups excluding carboxylic acids is 1. The summed E-state index contributed by atoms with van der Waals surface area (Å²) in [6.45, 7) is 2.07. The van der Waals surface area contributed by atoms with Crippen LogP contribution in [0.15, 0.2) is 34.1 Å². The molecule has 1 amide bonds. The highest BCUT2D eigenvalue weighted by Crippen LogP contribution is 2.36. The van der Waals surface area contributed by atoms with E-state index in [0.717, 1.165) is 49.9 Å². The van der Waals surface area contributed by atoms with Crippen LogP contribution in [0.4, 0.5) is 5.69 Å². The third-order valence-electron chi connectivity index (χ3n) is 4.35. The van der Waals surface area contributed by atoms with E-state index in [4.69, 9.17) is 0 Å². The minimum atomic E-state index is -4.69. The number of aromatic hydroxyl groups is 1. The van der Waals surface area contributed by atoms with Gasteiger partial charge in [0.2, 0.25) is 5.91 Å². The molecule has 0 aliphatic rings. The molecular formula is C18H23NO8S2. The Morgan fingerprint density at radius 2 is 1.45 bits per heavy atom. The van der Waals surface area contributed by atoms with Crippen molar-refractivity contribution in [1.82, 2.24) is 0 Å². The second kappa shape index (κ2) is 9.08. The maximum absolute atomic E-state index is 12.2. The Bertz CT molecular complexity index is 1120. The summed E-state index contributed by atoms with van der Waals surface area (Å²) >= 11 is 0. The van der Waals surface area contributed by atoms with E-state index in [2.05, 4.69) is 12.2 Å². The molecule has 0 spiro atoms. The van der Waals surface area contributed by atoms with Gasteiger partial charge in [0.25, 0.3) is 20.2 Å². The number of phenols is 1. The average Bonchev–Trinajstić information content (AvgIpc) is 2.59. The number of anilines is 1. The predicted molar refractivity (Wildman–Crippen MR) is 107 cm³/mol. The van der Waals surface area contributed by atoms with Gasteiger partial charge in [-0.2, -0.15) is 16.8 Å². The van der Waals surface area contributed by atoms with Crippen molar-refractivity contribution in [3.63, 3.8) is 0 Å². The predicted octanol–water partition coefficient (Wildman–Crippen LogP) is 3.34. The minimum Gasteiger partial charge on any atom is -0.507 e. The van der Waals surface area contributed by atoms with E-state index in [9.17, 15) is 35.8 Å². The maximum Gasteiger partial charge on any atom is 0.294 e. The monoisotopic (exact) mass is 445 g/mol. The molecule has 0 aliphatic carbocycles. The van der Waals surface area contributed by atoms with Crippen molar-refractivity contribution in [3.05, 3.63) is 24.3 Å². The molecule has 0 aromatic heterocycles. The molecule has 0 saturated heterocycles. The molecule has 0 bridgehead atoms. The van der Waals surface area contributed by atoms with Crippen LogP contribution >= 0.6 is 0 Å². The van der Waals surface area contributed by atoms with Crippen molar-refractivity contribution in [1.29, 1.82) is 0 Å². The molecule has 160 valence electrons. The van der Waals surface area contributed by atoms with Crippen LogP contribution in [0.3, 0.4) is 0 Å². The molecule has 2 rings (SSSR count). The van der Waals surface area contributed by atoms with Gasteiger partial charge in [0.05, 0.1) is 15.5 Å². The number of fused-ring (bicyclic) bond motifs is 1. The minimum absolute atomic E-state index is 0.0240. The van der Waals surface area contributed by atoms with E-state index in [1.807, 2.05) is 0 Å². The quantitative estimate of drug-likeness (QED) is 0.338. The highest BCUT2D eigenvalue weighted by atomic mass is 32.2. The highest BCUT2D eigenvalue weighted by molar-refractivity contribution is 7.86. The topological polar surface area (TPSA) is 158 Å². The summed E-state index contributed by atoms with van der Waals surface area (Å²) in [7, 11) is -9.37. The number of phenolic OH excluding ortho intramolecular Hbond substituents is 1. The lowest BCUT2D eigenvalue weighted by molar-refractivity contribution is -0.116. The fourth-order valence-corrected chi connectivity index (χ4v) is 4.02. The van der Waals surface area contributed by atoms with Gasteiger partial charge in [-0.05, 0) is 30.0 Å². The summed E-state index contributed by atoms with van der Waals surface area (Å²) in [5, 5.41) is 12.6. The molecular weight excluding hydrogens is 422 g/mol. The molecule has 9 nitrogen and oxygen atoms in total. The van der Waals surface area contributed by atoms with E-state index in [1.54, 1.807) is 0 Å². The van der Waals surface area contributed by atoms with Gasteiger partial charge < -0.3 is 10.4 Å². The van der Waals surface area contributed by atoms with Gasteiger partial charge in [-0.3, -0.25) is 13.9 Å². The molecule has 0 radical (unpaired) electrons. The summed E-state index contributed by atoms with van der Waals surface area (Å²) in [4.78, 5) is 11.0. The van der Waals surface area contributed by atoms with E-state index in [1.165, 1.54) is 0 Å². The van der Waals surface area contributed by atoms with Crippen LogP contribution in [-0.2, 0) is 25.0 Å². The van der Waals surface area contributed by atoms with Crippen molar-refractivity contribution in [2.75, 3.05) is 5.32 Å². The van der Waals surface area contributed by atoms with Crippen LogP contribution < -0.4 is 5.32 Å². The molecule has 0 heterocycles. The second-order valence-corrected chi connectivity index (χ2v) is 9.52. The summed E-state index contributed by atoms with van der Waals surface area (Å²) < 4.78 is 64.4. The van der Waals surface area contributed by atoms with Crippen molar-refractivity contribution >= 4 is 42.6 Å². The smallest absolute Gasteiger partial charge is 0.294 e. The normalized spacial score (nSPS) is 12.2. The molecule has 0 saturated carbocycles. The zero-order valence-electron chi connectivity index (χ0n) is 15.8. The Morgan fingerprint density at radius 3 is 2.00 bits per heavy atom. The maximum atomic E-state index is 12.2. The highest BCUT2D eigenvalue weighted by Gasteiger charge is 2.20. The molecule has 4 N–H and O–H groups in total.